The second kappa shape index (κ2) is 4.66. The number of rotatable bonds is 6. The summed E-state index contributed by atoms with van der Waals surface area (Å²) < 4.78 is 0. The van der Waals surface area contributed by atoms with Gasteiger partial charge < -0.3 is 11.1 Å². The van der Waals surface area contributed by atoms with Gasteiger partial charge in [-0.05, 0) is 42.9 Å². The minimum atomic E-state index is 0.363. The summed E-state index contributed by atoms with van der Waals surface area (Å²) in [5.41, 5.74) is 7.24. The van der Waals surface area contributed by atoms with Crippen LogP contribution < -0.4 is 11.1 Å². The molecular formula is C14H28N2. The number of nitrogens with one attached hydrogen (secondary N) is 1. The van der Waals surface area contributed by atoms with Gasteiger partial charge in [-0.25, -0.2) is 0 Å². The second-order valence-electron chi connectivity index (χ2n) is 6.51. The van der Waals surface area contributed by atoms with Gasteiger partial charge in [-0.1, -0.05) is 26.7 Å². The fraction of sp³-hybridized carbons (Fsp3) is 1.00. The van der Waals surface area contributed by atoms with Gasteiger partial charge in [0.05, 0.1) is 0 Å². The van der Waals surface area contributed by atoms with Crippen molar-refractivity contribution in [1.29, 1.82) is 0 Å². The van der Waals surface area contributed by atoms with Crippen LogP contribution in [0.15, 0.2) is 0 Å². The van der Waals surface area contributed by atoms with E-state index in [2.05, 4.69) is 19.2 Å². The Morgan fingerprint density at radius 3 is 2.50 bits per heavy atom. The molecule has 2 fully saturated rings. The van der Waals surface area contributed by atoms with Crippen LogP contribution in [0.5, 0.6) is 0 Å². The van der Waals surface area contributed by atoms with Crippen LogP contribution in [0, 0.1) is 10.8 Å². The predicted molar refractivity (Wildman–Crippen MR) is 69.4 cm³/mol. The Bertz CT molecular complexity index is 235. The van der Waals surface area contributed by atoms with Crippen molar-refractivity contribution >= 4 is 0 Å². The molecule has 2 rings (SSSR count). The van der Waals surface area contributed by atoms with Crippen LogP contribution in [0.3, 0.4) is 0 Å². The Morgan fingerprint density at radius 2 is 2.00 bits per heavy atom. The minimum absolute atomic E-state index is 0.363. The highest BCUT2D eigenvalue weighted by atomic mass is 14.9. The molecule has 2 aliphatic rings. The molecule has 16 heavy (non-hydrogen) atoms. The lowest BCUT2D eigenvalue weighted by Crippen LogP contribution is -2.43. The van der Waals surface area contributed by atoms with Gasteiger partial charge in [0.25, 0.3) is 0 Å². The number of hydrogen-bond donors (Lipinski definition) is 2. The SMILES string of the molecule is CCCC1(CNCC2(C)CCCC2N)CC1. The molecule has 0 heterocycles. The van der Waals surface area contributed by atoms with Crippen LogP contribution in [-0.2, 0) is 0 Å². The third kappa shape index (κ3) is 2.60. The van der Waals surface area contributed by atoms with Gasteiger partial charge in [0.1, 0.15) is 0 Å². The molecule has 0 aromatic heterocycles. The average Bonchev–Trinajstić information content (AvgIpc) is 2.91. The van der Waals surface area contributed by atoms with Crippen LogP contribution in [0.25, 0.3) is 0 Å². The number of nitrogens with two attached hydrogens (primary N) is 1. The minimum Gasteiger partial charge on any atom is -0.327 e. The van der Waals surface area contributed by atoms with E-state index in [1.54, 1.807) is 0 Å². The van der Waals surface area contributed by atoms with Crippen molar-refractivity contribution in [2.45, 2.75) is 64.8 Å². The smallest absolute Gasteiger partial charge is 0.0105 e. The molecule has 2 unspecified atom stereocenters. The lowest BCUT2D eigenvalue weighted by atomic mass is 9.85. The van der Waals surface area contributed by atoms with Gasteiger partial charge >= 0.3 is 0 Å². The summed E-state index contributed by atoms with van der Waals surface area (Å²) in [5.74, 6) is 0. The maximum atomic E-state index is 6.20. The molecule has 2 aliphatic carbocycles. The lowest BCUT2D eigenvalue weighted by Gasteiger charge is -2.30. The zero-order chi connectivity index (χ0) is 11.6. The molecule has 3 N–H and O–H groups in total. The first-order chi connectivity index (χ1) is 7.60. The van der Waals surface area contributed by atoms with Gasteiger partial charge in [0, 0.05) is 19.1 Å². The average molecular weight is 224 g/mol. The van der Waals surface area contributed by atoms with Crippen molar-refractivity contribution in [3.8, 4) is 0 Å². The van der Waals surface area contributed by atoms with Crippen LogP contribution in [0.1, 0.15) is 58.8 Å². The molecule has 94 valence electrons. The molecule has 2 saturated carbocycles. The highest BCUT2D eigenvalue weighted by Gasteiger charge is 2.42. The van der Waals surface area contributed by atoms with Crippen molar-refractivity contribution in [3.05, 3.63) is 0 Å². The van der Waals surface area contributed by atoms with Crippen molar-refractivity contribution in [1.82, 2.24) is 5.32 Å². The molecule has 0 aromatic carbocycles. The Balaban J connectivity index is 1.71. The molecule has 0 aliphatic heterocycles. The zero-order valence-electron chi connectivity index (χ0n) is 11.0. The molecule has 0 aromatic rings. The van der Waals surface area contributed by atoms with Gasteiger partial charge in [0.2, 0.25) is 0 Å². The summed E-state index contributed by atoms with van der Waals surface area (Å²) >= 11 is 0. The van der Waals surface area contributed by atoms with E-state index >= 15 is 0 Å². The largest absolute Gasteiger partial charge is 0.327 e. The summed E-state index contributed by atoms with van der Waals surface area (Å²) in [6, 6.07) is 0.418. The van der Waals surface area contributed by atoms with Crippen molar-refractivity contribution < 1.29 is 0 Å². The van der Waals surface area contributed by atoms with Gasteiger partial charge in [-0.3, -0.25) is 0 Å². The first kappa shape index (κ1) is 12.4. The van der Waals surface area contributed by atoms with Gasteiger partial charge in [-0.2, -0.15) is 0 Å². The summed E-state index contributed by atoms with van der Waals surface area (Å²) in [5, 5.41) is 3.71. The summed E-state index contributed by atoms with van der Waals surface area (Å²) in [7, 11) is 0. The topological polar surface area (TPSA) is 38.0 Å². The first-order valence-corrected chi connectivity index (χ1v) is 7.07. The van der Waals surface area contributed by atoms with Crippen LogP contribution >= 0.6 is 0 Å². The lowest BCUT2D eigenvalue weighted by molar-refractivity contribution is 0.265. The van der Waals surface area contributed by atoms with E-state index in [1.807, 2.05) is 0 Å². The predicted octanol–water partition coefficient (Wildman–Crippen LogP) is 2.67. The Labute approximate surface area is 100 Å². The molecule has 2 nitrogen and oxygen atoms in total. The Hall–Kier alpha value is -0.0800. The monoisotopic (exact) mass is 224 g/mol. The van der Waals surface area contributed by atoms with Crippen LogP contribution in [0.4, 0.5) is 0 Å². The van der Waals surface area contributed by atoms with E-state index < -0.39 is 0 Å². The maximum Gasteiger partial charge on any atom is 0.0105 e. The van der Waals surface area contributed by atoms with Crippen molar-refractivity contribution in [2.24, 2.45) is 16.6 Å². The summed E-state index contributed by atoms with van der Waals surface area (Å²) in [6.45, 7) is 7.01. The number of hydrogen-bond acceptors (Lipinski definition) is 2. The molecule has 2 heteroatoms. The Kier molecular flexibility index (Phi) is 3.60. The third-order valence-electron chi connectivity index (χ3n) is 4.92. The van der Waals surface area contributed by atoms with E-state index in [0.29, 0.717) is 16.9 Å². The molecule has 0 spiro atoms. The molecule has 0 saturated heterocycles. The summed E-state index contributed by atoms with van der Waals surface area (Å²) in [6.07, 6.45) is 9.47. The van der Waals surface area contributed by atoms with Crippen LogP contribution in [-0.4, -0.2) is 19.1 Å². The molecule has 0 amide bonds. The van der Waals surface area contributed by atoms with E-state index in [4.69, 9.17) is 5.73 Å². The standard InChI is InChI=1S/C14H28N2/c1-3-6-14(8-9-14)11-16-10-13(2)7-4-5-12(13)15/h12,16H,3-11,15H2,1-2H3. The summed E-state index contributed by atoms with van der Waals surface area (Å²) in [4.78, 5) is 0. The normalized spacial score (nSPS) is 36.6. The fourth-order valence-corrected chi connectivity index (χ4v) is 3.31. The van der Waals surface area contributed by atoms with E-state index in [-0.39, 0.29) is 0 Å². The van der Waals surface area contributed by atoms with Gasteiger partial charge in [-0.15, -0.1) is 0 Å². The van der Waals surface area contributed by atoms with E-state index in [0.717, 1.165) is 6.54 Å². The highest BCUT2D eigenvalue weighted by Crippen LogP contribution is 2.49. The Morgan fingerprint density at radius 1 is 1.25 bits per heavy atom. The second-order valence-corrected chi connectivity index (χ2v) is 6.51. The van der Waals surface area contributed by atoms with Crippen LogP contribution in [0.2, 0.25) is 0 Å². The maximum absolute atomic E-state index is 6.20. The third-order valence-corrected chi connectivity index (χ3v) is 4.92. The van der Waals surface area contributed by atoms with Gasteiger partial charge in [0.15, 0.2) is 0 Å². The van der Waals surface area contributed by atoms with E-state index in [1.165, 1.54) is 51.5 Å². The molecule has 0 radical (unpaired) electrons. The molecule has 2 atom stereocenters. The first-order valence-electron chi connectivity index (χ1n) is 7.07. The van der Waals surface area contributed by atoms with Crippen molar-refractivity contribution in [2.75, 3.05) is 13.1 Å². The molecule has 0 bridgehead atoms. The fourth-order valence-electron chi connectivity index (χ4n) is 3.31. The quantitative estimate of drug-likeness (QED) is 0.728. The van der Waals surface area contributed by atoms with Crippen molar-refractivity contribution in [3.63, 3.8) is 0 Å². The zero-order valence-corrected chi connectivity index (χ0v) is 11.0. The molecular weight excluding hydrogens is 196 g/mol. The van der Waals surface area contributed by atoms with E-state index in [9.17, 15) is 0 Å². The highest BCUT2D eigenvalue weighted by molar-refractivity contribution is 4.97.